The van der Waals surface area contributed by atoms with Gasteiger partial charge in [0, 0.05) is 27.6 Å². The van der Waals surface area contributed by atoms with Crippen LogP contribution in [0.3, 0.4) is 0 Å². The SMILES string of the molecule is c1ccc(-c2nc(-c3ccc(-c4cccc5c4-c4ccccc4C54c5ccccc5Oc5ccccc54)cc3)nc3ccccc23)cc1. The molecule has 3 nitrogen and oxygen atoms in total. The number of ether oxygens (including phenoxy) is 1. The van der Waals surface area contributed by atoms with Crippen LogP contribution < -0.4 is 4.74 Å². The molecule has 0 radical (unpaired) electrons. The van der Waals surface area contributed by atoms with Crippen LogP contribution in [0.1, 0.15) is 22.3 Å². The Morgan fingerprint density at radius 3 is 1.75 bits per heavy atom. The van der Waals surface area contributed by atoms with E-state index in [0.29, 0.717) is 0 Å². The Hall–Kier alpha value is -6.32. The molecule has 3 heteroatoms. The molecule has 0 bridgehead atoms. The molecule has 224 valence electrons. The fourth-order valence-corrected chi connectivity index (χ4v) is 7.96. The first kappa shape index (κ1) is 26.9. The Balaban J connectivity index is 1.15. The Morgan fingerprint density at radius 1 is 0.396 bits per heavy atom. The average molecular weight is 613 g/mol. The minimum atomic E-state index is -0.486. The third-order valence-electron chi connectivity index (χ3n) is 9.98. The van der Waals surface area contributed by atoms with Gasteiger partial charge in [0.2, 0.25) is 0 Å². The number of benzene rings is 7. The van der Waals surface area contributed by atoms with E-state index < -0.39 is 5.41 Å². The maximum atomic E-state index is 6.52. The van der Waals surface area contributed by atoms with Crippen LogP contribution in [0.5, 0.6) is 11.5 Å². The summed E-state index contributed by atoms with van der Waals surface area (Å²) in [4.78, 5) is 10.1. The van der Waals surface area contributed by atoms with E-state index in [9.17, 15) is 0 Å². The first-order valence-electron chi connectivity index (χ1n) is 16.3. The summed E-state index contributed by atoms with van der Waals surface area (Å²) in [5, 5.41) is 1.05. The second kappa shape index (κ2) is 10.3. The van der Waals surface area contributed by atoms with Crippen LogP contribution in [-0.4, -0.2) is 9.97 Å². The number of nitrogens with zero attached hydrogens (tertiary/aromatic N) is 2. The van der Waals surface area contributed by atoms with Crippen LogP contribution in [0.4, 0.5) is 0 Å². The zero-order chi connectivity index (χ0) is 31.7. The quantitative estimate of drug-likeness (QED) is 0.199. The first-order chi connectivity index (χ1) is 23.8. The lowest BCUT2D eigenvalue weighted by Gasteiger charge is -2.39. The molecule has 0 amide bonds. The van der Waals surface area contributed by atoms with E-state index in [2.05, 4.69) is 152 Å². The molecular formula is C45H28N2O. The van der Waals surface area contributed by atoms with Crippen molar-refractivity contribution < 1.29 is 4.74 Å². The third-order valence-corrected chi connectivity index (χ3v) is 9.98. The molecule has 8 aromatic rings. The monoisotopic (exact) mass is 612 g/mol. The molecule has 0 saturated carbocycles. The number of hydrogen-bond acceptors (Lipinski definition) is 3. The van der Waals surface area contributed by atoms with Gasteiger partial charge in [0.15, 0.2) is 5.82 Å². The highest BCUT2D eigenvalue weighted by Gasteiger charge is 2.51. The largest absolute Gasteiger partial charge is 0.457 e. The van der Waals surface area contributed by atoms with Crippen molar-refractivity contribution in [1.82, 2.24) is 9.97 Å². The van der Waals surface area contributed by atoms with Gasteiger partial charge >= 0.3 is 0 Å². The van der Waals surface area contributed by atoms with Gasteiger partial charge < -0.3 is 4.74 Å². The van der Waals surface area contributed by atoms with Crippen molar-refractivity contribution >= 4 is 10.9 Å². The molecule has 0 fully saturated rings. The second-order valence-corrected chi connectivity index (χ2v) is 12.5. The summed E-state index contributed by atoms with van der Waals surface area (Å²) in [6, 6.07) is 60.0. The van der Waals surface area contributed by atoms with E-state index in [1.807, 2.05) is 18.2 Å². The predicted molar refractivity (Wildman–Crippen MR) is 193 cm³/mol. The standard InChI is InChI=1S/C45H28N2O/c1-2-13-30(14-3-1)43-34-16-5-9-22-39(34)46-44(47-43)31-27-25-29(26-28-31)32-17-12-21-38-42(32)33-15-4-6-18-35(33)45(38)36-19-7-10-23-40(36)48-41-24-11-8-20-37(41)45/h1-28H. The molecule has 2 aliphatic rings. The number of fused-ring (bicyclic) bond motifs is 10. The summed E-state index contributed by atoms with van der Waals surface area (Å²) in [5.41, 5.74) is 13.2. The smallest absolute Gasteiger partial charge is 0.160 e. The predicted octanol–water partition coefficient (Wildman–Crippen LogP) is 11.1. The highest BCUT2D eigenvalue weighted by Crippen LogP contribution is 2.63. The van der Waals surface area contributed by atoms with Gasteiger partial charge in [0.25, 0.3) is 0 Å². The highest BCUT2D eigenvalue weighted by molar-refractivity contribution is 5.97. The van der Waals surface area contributed by atoms with Crippen molar-refractivity contribution in [3.63, 3.8) is 0 Å². The Labute approximate surface area is 278 Å². The summed E-state index contributed by atoms with van der Waals surface area (Å²) in [6.45, 7) is 0. The third kappa shape index (κ3) is 3.76. The number of aromatic nitrogens is 2. The molecule has 2 heterocycles. The summed E-state index contributed by atoms with van der Waals surface area (Å²) in [5.74, 6) is 2.52. The lowest BCUT2D eigenvalue weighted by molar-refractivity contribution is 0.436. The van der Waals surface area contributed by atoms with Gasteiger partial charge in [-0.3, -0.25) is 0 Å². The summed E-state index contributed by atoms with van der Waals surface area (Å²) in [6.07, 6.45) is 0. The molecule has 7 aromatic carbocycles. The number of para-hydroxylation sites is 3. The van der Waals surface area contributed by atoms with Crippen molar-refractivity contribution in [3.8, 4) is 56.4 Å². The summed E-state index contributed by atoms with van der Waals surface area (Å²) < 4.78 is 6.52. The van der Waals surface area contributed by atoms with Crippen molar-refractivity contribution in [3.05, 3.63) is 192 Å². The van der Waals surface area contributed by atoms with Gasteiger partial charge in [-0.15, -0.1) is 0 Å². The summed E-state index contributed by atoms with van der Waals surface area (Å²) in [7, 11) is 0. The molecule has 10 rings (SSSR count). The zero-order valence-electron chi connectivity index (χ0n) is 26.0. The van der Waals surface area contributed by atoms with E-state index >= 15 is 0 Å². The van der Waals surface area contributed by atoms with Crippen molar-refractivity contribution in [2.24, 2.45) is 0 Å². The fraction of sp³-hybridized carbons (Fsp3) is 0.0222. The Morgan fingerprint density at radius 2 is 0.979 bits per heavy atom. The van der Waals surface area contributed by atoms with Crippen LogP contribution in [-0.2, 0) is 5.41 Å². The van der Waals surface area contributed by atoms with Crippen molar-refractivity contribution in [2.75, 3.05) is 0 Å². The van der Waals surface area contributed by atoms with Crippen LogP contribution in [0, 0.1) is 0 Å². The molecule has 0 atom stereocenters. The molecule has 0 N–H and O–H groups in total. The summed E-state index contributed by atoms with van der Waals surface area (Å²) >= 11 is 0. The average Bonchev–Trinajstić information content (AvgIpc) is 3.46. The van der Waals surface area contributed by atoms with Gasteiger partial charge in [0.05, 0.1) is 16.6 Å². The van der Waals surface area contributed by atoms with Gasteiger partial charge in [-0.2, -0.15) is 0 Å². The molecule has 48 heavy (non-hydrogen) atoms. The molecule has 0 unspecified atom stereocenters. The van der Waals surface area contributed by atoms with Crippen LogP contribution in [0.15, 0.2) is 170 Å². The van der Waals surface area contributed by atoms with Crippen molar-refractivity contribution in [1.29, 1.82) is 0 Å². The molecular weight excluding hydrogens is 585 g/mol. The van der Waals surface area contributed by atoms with Crippen LogP contribution >= 0.6 is 0 Å². The first-order valence-corrected chi connectivity index (χ1v) is 16.3. The Bertz CT molecular complexity index is 2490. The molecule has 1 aromatic heterocycles. The van der Waals surface area contributed by atoms with E-state index in [1.165, 1.54) is 38.9 Å². The van der Waals surface area contributed by atoms with Gasteiger partial charge in [-0.05, 0) is 51.6 Å². The van der Waals surface area contributed by atoms with Crippen LogP contribution in [0.2, 0.25) is 0 Å². The van der Waals surface area contributed by atoms with Crippen LogP contribution in [0.25, 0.3) is 55.8 Å². The molecule has 0 saturated heterocycles. The van der Waals surface area contributed by atoms with Gasteiger partial charge in [-0.1, -0.05) is 152 Å². The normalized spacial score (nSPS) is 13.3. The fourth-order valence-electron chi connectivity index (χ4n) is 7.96. The van der Waals surface area contributed by atoms with Gasteiger partial charge in [0.1, 0.15) is 11.5 Å². The van der Waals surface area contributed by atoms with E-state index in [1.54, 1.807) is 0 Å². The van der Waals surface area contributed by atoms with Crippen molar-refractivity contribution in [2.45, 2.75) is 5.41 Å². The van der Waals surface area contributed by atoms with Gasteiger partial charge in [-0.25, -0.2) is 9.97 Å². The van der Waals surface area contributed by atoms with E-state index in [4.69, 9.17) is 14.7 Å². The lowest BCUT2D eigenvalue weighted by atomic mass is 9.66. The van der Waals surface area contributed by atoms with E-state index in [0.717, 1.165) is 50.6 Å². The molecule has 1 spiro atoms. The maximum Gasteiger partial charge on any atom is 0.160 e. The highest BCUT2D eigenvalue weighted by atomic mass is 16.5. The minimum Gasteiger partial charge on any atom is -0.457 e. The molecule has 1 aliphatic heterocycles. The second-order valence-electron chi connectivity index (χ2n) is 12.5. The number of hydrogen-bond donors (Lipinski definition) is 0. The number of rotatable bonds is 3. The Kier molecular flexibility index (Phi) is 5.79. The maximum absolute atomic E-state index is 6.52. The topological polar surface area (TPSA) is 35.0 Å². The molecule has 1 aliphatic carbocycles. The lowest BCUT2D eigenvalue weighted by Crippen LogP contribution is -2.32. The van der Waals surface area contributed by atoms with E-state index in [-0.39, 0.29) is 0 Å². The zero-order valence-corrected chi connectivity index (χ0v) is 26.0. The minimum absolute atomic E-state index is 0.486.